The zero-order valence-electron chi connectivity index (χ0n) is 18.6. The van der Waals surface area contributed by atoms with Gasteiger partial charge in [0.2, 0.25) is 0 Å². The summed E-state index contributed by atoms with van der Waals surface area (Å²) in [7, 11) is 0. The highest BCUT2D eigenvalue weighted by atomic mass is 35.5. The molecule has 1 aliphatic rings. The number of amides is 1. The first-order chi connectivity index (χ1) is 16.9. The Hall–Kier alpha value is -3.88. The van der Waals surface area contributed by atoms with Crippen LogP contribution in [0.1, 0.15) is 16.7 Å². The fourth-order valence-electron chi connectivity index (χ4n) is 3.89. The molecule has 1 N–H and O–H groups in total. The van der Waals surface area contributed by atoms with E-state index in [9.17, 15) is 14.9 Å². The topological polar surface area (TPSA) is 89.5 Å². The summed E-state index contributed by atoms with van der Waals surface area (Å²) in [6.07, 6.45) is 3.85. The molecule has 5 rings (SSSR count). The second-order valence-electron chi connectivity index (χ2n) is 8.02. The van der Waals surface area contributed by atoms with Crippen molar-refractivity contribution in [1.82, 2.24) is 9.88 Å². The van der Waals surface area contributed by atoms with Gasteiger partial charge in [0.25, 0.3) is 11.6 Å². The van der Waals surface area contributed by atoms with Crippen LogP contribution >= 0.6 is 23.4 Å². The highest BCUT2D eigenvalue weighted by Gasteiger charge is 2.24. The highest BCUT2D eigenvalue weighted by Crippen LogP contribution is 2.33. The summed E-state index contributed by atoms with van der Waals surface area (Å²) in [6.45, 7) is 2.43. The Morgan fingerprint density at radius 3 is 2.66 bits per heavy atom. The van der Waals surface area contributed by atoms with Crippen molar-refractivity contribution in [3.8, 4) is 0 Å². The van der Waals surface area contributed by atoms with Gasteiger partial charge in [-0.3, -0.25) is 14.9 Å². The fraction of sp³-hybridized carbons (Fsp3) is 0.0769. The maximum atomic E-state index is 12.7. The lowest BCUT2D eigenvalue weighted by molar-refractivity contribution is -0.384. The molecule has 9 heteroatoms. The van der Waals surface area contributed by atoms with Gasteiger partial charge in [-0.15, -0.1) is 0 Å². The Kier molecular flexibility index (Phi) is 6.15. The number of hydrogen-bond acceptors (Lipinski definition) is 5. The molecule has 1 fully saturated rings. The summed E-state index contributed by atoms with van der Waals surface area (Å²) in [5.74, 6) is -0.208. The lowest BCUT2D eigenvalue weighted by atomic mass is 10.1. The third-order valence-electron chi connectivity index (χ3n) is 5.72. The SMILES string of the molecule is Cc1c(Cl)cccc1N=C1NC(=O)/C(=C\c2cn(Cc3ccc([N+](=O)[O-])cc3)c3ccccc23)S1. The number of amidine groups is 1. The number of nitro benzene ring substituents is 1. The van der Waals surface area contributed by atoms with E-state index in [2.05, 4.69) is 14.9 Å². The van der Waals surface area contributed by atoms with Gasteiger partial charge in [0.05, 0.1) is 15.5 Å². The number of benzene rings is 3. The minimum Gasteiger partial charge on any atom is -0.342 e. The molecule has 4 aromatic rings. The molecule has 1 aliphatic heterocycles. The number of nitrogens with zero attached hydrogens (tertiary/aromatic N) is 3. The number of hydrogen-bond donors (Lipinski definition) is 1. The van der Waals surface area contributed by atoms with Gasteiger partial charge in [0, 0.05) is 46.4 Å². The van der Waals surface area contributed by atoms with Crippen molar-refractivity contribution in [1.29, 1.82) is 0 Å². The lowest BCUT2D eigenvalue weighted by Crippen LogP contribution is -2.19. The quantitative estimate of drug-likeness (QED) is 0.193. The Morgan fingerprint density at radius 1 is 1.11 bits per heavy atom. The monoisotopic (exact) mass is 502 g/mol. The number of rotatable bonds is 5. The van der Waals surface area contributed by atoms with Crippen LogP contribution < -0.4 is 5.32 Å². The fourth-order valence-corrected chi connectivity index (χ4v) is 4.88. The minimum atomic E-state index is -0.408. The molecular formula is C26H19ClN4O3S. The number of halogens is 1. The molecule has 3 aromatic carbocycles. The molecule has 2 heterocycles. The van der Waals surface area contributed by atoms with Gasteiger partial charge in [-0.25, -0.2) is 4.99 Å². The normalized spacial score (nSPS) is 15.8. The van der Waals surface area contributed by atoms with Gasteiger partial charge in [-0.1, -0.05) is 48.0 Å². The number of nitrogens with one attached hydrogen (secondary N) is 1. The van der Waals surface area contributed by atoms with Crippen LogP contribution in [0.15, 0.2) is 82.8 Å². The van der Waals surface area contributed by atoms with Gasteiger partial charge in [-0.05, 0) is 54.1 Å². The third kappa shape index (κ3) is 4.71. The molecule has 0 spiro atoms. The van der Waals surface area contributed by atoms with Crippen molar-refractivity contribution in [3.05, 3.63) is 110 Å². The number of para-hydroxylation sites is 1. The van der Waals surface area contributed by atoms with E-state index < -0.39 is 4.92 Å². The second-order valence-corrected chi connectivity index (χ2v) is 9.46. The lowest BCUT2D eigenvalue weighted by Gasteiger charge is -2.05. The predicted octanol–water partition coefficient (Wildman–Crippen LogP) is 6.45. The van der Waals surface area contributed by atoms with Crippen LogP contribution in [0.5, 0.6) is 0 Å². The molecular weight excluding hydrogens is 484 g/mol. The molecule has 1 amide bonds. The number of fused-ring (bicyclic) bond motifs is 1. The molecule has 1 aromatic heterocycles. The predicted molar refractivity (Wildman–Crippen MR) is 141 cm³/mol. The van der Waals surface area contributed by atoms with Crippen LogP contribution in [0.4, 0.5) is 11.4 Å². The van der Waals surface area contributed by atoms with Gasteiger partial charge in [-0.2, -0.15) is 0 Å². The van der Waals surface area contributed by atoms with Crippen LogP contribution in [0, 0.1) is 17.0 Å². The Bertz CT molecular complexity index is 1540. The van der Waals surface area contributed by atoms with E-state index in [1.54, 1.807) is 18.2 Å². The number of non-ortho nitro benzene ring substituents is 1. The first-order valence-corrected chi connectivity index (χ1v) is 11.9. The Balaban J connectivity index is 1.45. The number of aliphatic imine (C=N–C) groups is 1. The number of aromatic nitrogens is 1. The Labute approximate surface area is 210 Å². The molecule has 7 nitrogen and oxygen atoms in total. The first-order valence-electron chi connectivity index (χ1n) is 10.7. The van der Waals surface area contributed by atoms with E-state index in [1.807, 2.05) is 55.6 Å². The van der Waals surface area contributed by atoms with Crippen molar-refractivity contribution in [2.24, 2.45) is 4.99 Å². The van der Waals surface area contributed by atoms with Crippen LogP contribution in [0.25, 0.3) is 17.0 Å². The smallest absolute Gasteiger partial charge is 0.269 e. The van der Waals surface area contributed by atoms with Crippen LogP contribution in [-0.2, 0) is 11.3 Å². The van der Waals surface area contributed by atoms with Gasteiger partial charge >= 0.3 is 0 Å². The van der Waals surface area contributed by atoms with Crippen molar-refractivity contribution in [3.63, 3.8) is 0 Å². The summed E-state index contributed by atoms with van der Waals surface area (Å²) in [5, 5.41) is 15.9. The van der Waals surface area contributed by atoms with E-state index in [1.165, 1.54) is 23.9 Å². The van der Waals surface area contributed by atoms with E-state index in [-0.39, 0.29) is 11.6 Å². The maximum Gasteiger partial charge on any atom is 0.269 e. The van der Waals surface area contributed by atoms with Crippen LogP contribution in [-0.4, -0.2) is 20.6 Å². The number of carbonyl (C=O) groups is 1. The number of nitro groups is 1. The molecule has 0 radical (unpaired) electrons. The van der Waals surface area contributed by atoms with Gasteiger partial charge in [0.15, 0.2) is 5.17 Å². The molecule has 174 valence electrons. The zero-order valence-corrected chi connectivity index (χ0v) is 20.1. The molecule has 0 aliphatic carbocycles. The first kappa shape index (κ1) is 22.9. The summed E-state index contributed by atoms with van der Waals surface area (Å²) in [5.41, 5.74) is 4.47. The minimum absolute atomic E-state index is 0.0613. The van der Waals surface area contributed by atoms with Crippen LogP contribution in [0.3, 0.4) is 0 Å². The Morgan fingerprint density at radius 2 is 1.89 bits per heavy atom. The van der Waals surface area contributed by atoms with Crippen molar-refractivity contribution in [2.75, 3.05) is 0 Å². The number of thioether (sulfide) groups is 1. The standard InChI is InChI=1S/C26H19ClN4O3S/c1-16-21(27)6-4-7-22(16)28-26-29-25(32)24(35-26)13-18-15-30(23-8-3-2-5-20(18)23)14-17-9-11-19(12-10-17)31(33)34/h2-13,15H,14H2,1H3,(H,28,29,32)/b24-13+. The summed E-state index contributed by atoms with van der Waals surface area (Å²) in [4.78, 5) is 28.3. The summed E-state index contributed by atoms with van der Waals surface area (Å²) in [6, 6.07) is 19.9. The van der Waals surface area contributed by atoms with Gasteiger partial charge in [0.1, 0.15) is 0 Å². The molecule has 0 atom stereocenters. The van der Waals surface area contributed by atoms with Crippen molar-refractivity contribution < 1.29 is 9.72 Å². The van der Waals surface area contributed by atoms with E-state index >= 15 is 0 Å². The molecule has 35 heavy (non-hydrogen) atoms. The highest BCUT2D eigenvalue weighted by molar-refractivity contribution is 8.18. The average Bonchev–Trinajstić information content (AvgIpc) is 3.37. The second kappa shape index (κ2) is 9.40. The molecule has 0 bridgehead atoms. The van der Waals surface area contributed by atoms with E-state index in [0.29, 0.717) is 27.3 Å². The third-order valence-corrected chi connectivity index (χ3v) is 7.04. The molecule has 0 unspecified atom stereocenters. The van der Waals surface area contributed by atoms with Gasteiger partial charge < -0.3 is 9.88 Å². The van der Waals surface area contributed by atoms with E-state index in [4.69, 9.17) is 11.6 Å². The van der Waals surface area contributed by atoms with Crippen molar-refractivity contribution in [2.45, 2.75) is 13.5 Å². The largest absolute Gasteiger partial charge is 0.342 e. The zero-order chi connectivity index (χ0) is 24.5. The average molecular weight is 503 g/mol. The van der Waals surface area contributed by atoms with E-state index in [0.717, 1.165) is 27.6 Å². The summed E-state index contributed by atoms with van der Waals surface area (Å²) >= 11 is 7.48. The molecule has 1 saturated heterocycles. The van der Waals surface area contributed by atoms with Crippen molar-refractivity contribution >= 4 is 62.8 Å². The number of carbonyl (C=O) groups excluding carboxylic acids is 1. The molecule has 0 saturated carbocycles. The maximum absolute atomic E-state index is 12.7. The summed E-state index contributed by atoms with van der Waals surface area (Å²) < 4.78 is 2.07. The van der Waals surface area contributed by atoms with Crippen LogP contribution in [0.2, 0.25) is 5.02 Å².